The molecule has 0 aliphatic carbocycles. The first kappa shape index (κ1) is 32.7. The van der Waals surface area contributed by atoms with Crippen LogP contribution < -0.4 is 15.3 Å². The number of aliphatic carboxylic acids is 1. The Morgan fingerprint density at radius 2 is 1.71 bits per heavy atom. The van der Waals surface area contributed by atoms with Crippen LogP contribution in [0, 0.1) is 5.92 Å². The van der Waals surface area contributed by atoms with Crippen molar-refractivity contribution in [3.8, 4) is 11.5 Å². The lowest BCUT2D eigenvalue weighted by Crippen LogP contribution is -3.10. The molecule has 2 N–H and O–H groups in total. The van der Waals surface area contributed by atoms with Gasteiger partial charge in [-0.1, -0.05) is 50.1 Å². The van der Waals surface area contributed by atoms with Gasteiger partial charge in [-0.25, -0.2) is 0 Å². The summed E-state index contributed by atoms with van der Waals surface area (Å²) in [5.41, 5.74) is 0.865. The van der Waals surface area contributed by atoms with Gasteiger partial charge in [0.2, 0.25) is 17.7 Å². The highest BCUT2D eigenvalue weighted by Crippen LogP contribution is 2.27. The molecule has 9 nitrogen and oxygen atoms in total. The van der Waals surface area contributed by atoms with Crippen LogP contribution in [0.3, 0.4) is 0 Å². The SMILES string of the molecule is CCC(=O)CCCCC[C@H](NC(=O)C1CC[NH+](C)CC1)c1nnc(-c2ccc3ccccc3c2)o1.O=C([O-])C(F)(F)F. The molecule has 2 heterocycles. The molecule has 0 unspecified atom stereocenters. The number of carbonyl (C=O) groups excluding carboxylic acids is 3. The number of halogens is 3. The molecule has 12 heteroatoms. The van der Waals surface area contributed by atoms with Crippen molar-refractivity contribution < 1.29 is 42.0 Å². The minimum Gasteiger partial charge on any atom is -0.542 e. The molecule has 0 radical (unpaired) electrons. The molecule has 0 saturated carbocycles. The van der Waals surface area contributed by atoms with Gasteiger partial charge in [0, 0.05) is 37.2 Å². The highest BCUT2D eigenvalue weighted by atomic mass is 19.4. The minimum absolute atomic E-state index is 0.0336. The van der Waals surface area contributed by atoms with E-state index in [0.29, 0.717) is 36.8 Å². The van der Waals surface area contributed by atoms with Crippen molar-refractivity contribution in [2.45, 2.75) is 70.5 Å². The Hall–Kier alpha value is -3.80. The number of rotatable bonds is 11. The van der Waals surface area contributed by atoms with Crippen molar-refractivity contribution in [2.24, 2.45) is 5.92 Å². The van der Waals surface area contributed by atoms with Gasteiger partial charge >= 0.3 is 6.18 Å². The Labute approximate surface area is 242 Å². The highest BCUT2D eigenvalue weighted by molar-refractivity contribution is 5.86. The van der Waals surface area contributed by atoms with E-state index in [4.69, 9.17) is 14.3 Å². The Morgan fingerprint density at radius 1 is 1.05 bits per heavy atom. The summed E-state index contributed by atoms with van der Waals surface area (Å²) in [6, 6.07) is 13.9. The number of quaternary nitrogens is 1. The van der Waals surface area contributed by atoms with E-state index < -0.39 is 12.1 Å². The number of carboxylic acid groups (broad SMARTS) is 1. The van der Waals surface area contributed by atoms with E-state index in [0.717, 1.165) is 61.5 Å². The maximum atomic E-state index is 13.1. The number of fused-ring (bicyclic) bond motifs is 1. The second-order valence-electron chi connectivity index (χ2n) is 10.6. The van der Waals surface area contributed by atoms with Crippen LogP contribution in [-0.2, 0) is 14.4 Å². The third-order valence-corrected chi connectivity index (χ3v) is 7.34. The van der Waals surface area contributed by atoms with Crippen LogP contribution in [0.5, 0.6) is 0 Å². The molecule has 0 spiro atoms. The molecule has 228 valence electrons. The number of benzene rings is 2. The maximum absolute atomic E-state index is 13.1. The molecule has 1 saturated heterocycles. The number of Topliss-reactive ketones (excluding diaryl/α,β-unsaturated/α-hetero) is 1. The summed E-state index contributed by atoms with van der Waals surface area (Å²) < 4.78 is 37.7. The fourth-order valence-electron chi connectivity index (χ4n) is 4.76. The van der Waals surface area contributed by atoms with Gasteiger partial charge in [0.15, 0.2) is 0 Å². The van der Waals surface area contributed by atoms with Gasteiger partial charge in [0.05, 0.1) is 20.1 Å². The van der Waals surface area contributed by atoms with Crippen LogP contribution in [0.15, 0.2) is 46.9 Å². The number of nitrogens with one attached hydrogen (secondary N) is 2. The molecule has 1 aliphatic rings. The summed E-state index contributed by atoms with van der Waals surface area (Å²) in [4.78, 5) is 34.9. The van der Waals surface area contributed by atoms with E-state index in [2.05, 4.69) is 34.7 Å². The second-order valence-corrected chi connectivity index (χ2v) is 10.6. The topological polar surface area (TPSA) is 130 Å². The van der Waals surface area contributed by atoms with Gasteiger partial charge in [-0.15, -0.1) is 10.2 Å². The van der Waals surface area contributed by atoms with Gasteiger partial charge in [-0.2, -0.15) is 13.2 Å². The summed E-state index contributed by atoms with van der Waals surface area (Å²) in [5, 5.41) is 22.9. The Morgan fingerprint density at radius 3 is 2.36 bits per heavy atom. The predicted octanol–water partition coefficient (Wildman–Crippen LogP) is 3.20. The standard InChI is InChI=1S/C28H36N4O3.C2HF3O2/c1-3-24(33)11-5-4-6-12-25(29-26(34)21-15-17-32(2)18-16-21)28-31-30-27(35-28)23-14-13-20-9-7-8-10-22(20)19-23;3-2(4,5)1(6)7/h7-10,13-14,19,21,25H,3-6,11-12,15-18H2,1-2H3,(H,29,34);(H,6,7)/t25-;/m0./s1. The Balaban J connectivity index is 0.000000616. The van der Waals surface area contributed by atoms with Gasteiger partial charge < -0.3 is 24.5 Å². The summed E-state index contributed by atoms with van der Waals surface area (Å²) in [6.45, 7) is 3.93. The molecule has 4 rings (SSSR count). The molecule has 0 bridgehead atoms. The number of nitrogens with zero attached hydrogens (tertiary/aromatic N) is 2. The van der Waals surface area contributed by atoms with E-state index >= 15 is 0 Å². The minimum atomic E-state index is -5.19. The summed E-state index contributed by atoms with van der Waals surface area (Å²) in [7, 11) is 2.17. The molecule has 42 heavy (non-hydrogen) atoms. The number of hydrogen-bond donors (Lipinski definition) is 2. The van der Waals surface area contributed by atoms with Crippen molar-refractivity contribution in [3.05, 3.63) is 48.4 Å². The van der Waals surface area contributed by atoms with Gasteiger partial charge in [-0.3, -0.25) is 9.59 Å². The summed E-state index contributed by atoms with van der Waals surface area (Å²) >= 11 is 0. The number of hydrogen-bond acceptors (Lipinski definition) is 7. The smallest absolute Gasteiger partial charge is 0.430 e. The summed E-state index contributed by atoms with van der Waals surface area (Å²) in [5.74, 6) is -1.69. The quantitative estimate of drug-likeness (QED) is 0.328. The molecule has 1 atom stereocenters. The highest BCUT2D eigenvalue weighted by Gasteiger charge is 2.30. The van der Waals surface area contributed by atoms with Crippen LogP contribution in [0.4, 0.5) is 13.2 Å². The first-order valence-corrected chi connectivity index (χ1v) is 14.2. The van der Waals surface area contributed by atoms with Crippen molar-refractivity contribution >= 4 is 28.4 Å². The predicted molar refractivity (Wildman–Crippen MR) is 147 cm³/mol. The average molecular weight is 591 g/mol. The number of unbranched alkanes of at least 4 members (excludes halogenated alkanes) is 2. The van der Waals surface area contributed by atoms with Crippen molar-refractivity contribution in [1.82, 2.24) is 15.5 Å². The molecule has 1 aliphatic heterocycles. The van der Waals surface area contributed by atoms with Gasteiger partial charge in [0.25, 0.3) is 0 Å². The number of carboxylic acids is 1. The first-order chi connectivity index (χ1) is 20.0. The fourth-order valence-corrected chi connectivity index (χ4v) is 4.76. The van der Waals surface area contributed by atoms with E-state index in [1.807, 2.05) is 37.3 Å². The zero-order chi connectivity index (χ0) is 30.7. The van der Waals surface area contributed by atoms with Crippen LogP contribution in [-0.4, -0.2) is 54.2 Å². The van der Waals surface area contributed by atoms with E-state index in [9.17, 15) is 22.8 Å². The third kappa shape index (κ3) is 9.93. The lowest BCUT2D eigenvalue weighted by molar-refractivity contribution is -0.885. The molecular formula is C30H37F3N4O5. The monoisotopic (exact) mass is 590 g/mol. The number of likely N-dealkylation sites (tertiary alicyclic amines) is 1. The lowest BCUT2D eigenvalue weighted by atomic mass is 9.95. The largest absolute Gasteiger partial charge is 0.542 e. The molecule has 2 aromatic carbocycles. The van der Waals surface area contributed by atoms with E-state index in [-0.39, 0.29) is 17.9 Å². The van der Waals surface area contributed by atoms with Crippen molar-refractivity contribution in [1.29, 1.82) is 0 Å². The lowest BCUT2D eigenvalue weighted by Gasteiger charge is -2.27. The second kappa shape index (κ2) is 15.4. The zero-order valence-electron chi connectivity index (χ0n) is 23.8. The Kier molecular flexibility index (Phi) is 12.0. The van der Waals surface area contributed by atoms with E-state index in [1.165, 1.54) is 4.90 Å². The maximum Gasteiger partial charge on any atom is 0.430 e. The van der Waals surface area contributed by atoms with E-state index in [1.54, 1.807) is 0 Å². The number of carbonyl (C=O) groups is 3. The normalized spacial score (nSPS) is 17.6. The average Bonchev–Trinajstić information content (AvgIpc) is 3.46. The van der Waals surface area contributed by atoms with Crippen LogP contribution in [0.2, 0.25) is 0 Å². The molecule has 1 amide bonds. The first-order valence-electron chi connectivity index (χ1n) is 14.2. The van der Waals surface area contributed by atoms with Gasteiger partial charge in [0.1, 0.15) is 17.8 Å². The fraction of sp³-hybridized carbons (Fsp3) is 0.500. The summed E-state index contributed by atoms with van der Waals surface area (Å²) in [6.07, 6.45) is 1.22. The molecular weight excluding hydrogens is 553 g/mol. The van der Waals surface area contributed by atoms with Crippen LogP contribution in [0.1, 0.15) is 70.2 Å². The number of alkyl halides is 3. The van der Waals surface area contributed by atoms with Crippen molar-refractivity contribution in [2.75, 3.05) is 20.1 Å². The molecule has 1 fully saturated rings. The zero-order valence-corrected chi connectivity index (χ0v) is 23.8. The van der Waals surface area contributed by atoms with Gasteiger partial charge in [-0.05, 0) is 35.7 Å². The Bertz CT molecular complexity index is 1340. The number of aromatic nitrogens is 2. The van der Waals surface area contributed by atoms with Crippen molar-refractivity contribution in [3.63, 3.8) is 0 Å². The van der Waals surface area contributed by atoms with Crippen LogP contribution >= 0.6 is 0 Å². The third-order valence-electron chi connectivity index (χ3n) is 7.34. The molecule has 1 aromatic heterocycles. The number of ketones is 1. The molecule has 3 aromatic rings. The number of amides is 1. The number of piperidine rings is 1. The van der Waals surface area contributed by atoms with Crippen LogP contribution in [0.25, 0.3) is 22.2 Å².